The van der Waals surface area contributed by atoms with E-state index >= 15 is 0 Å². The van der Waals surface area contributed by atoms with Gasteiger partial charge in [0.15, 0.2) is 0 Å². The Balaban J connectivity index is 1.26. The smallest absolute Gasteiger partial charge is 0.234 e. The average molecular weight is 331 g/mol. The molecule has 2 aliphatic heterocycles. The second-order valence-corrected chi connectivity index (χ2v) is 6.74. The van der Waals surface area contributed by atoms with E-state index in [1.807, 2.05) is 0 Å². The molecule has 132 valence electrons. The van der Waals surface area contributed by atoms with Crippen LogP contribution in [0.2, 0.25) is 0 Å². The van der Waals surface area contributed by atoms with E-state index in [1.165, 1.54) is 11.1 Å². The molecule has 0 aliphatic carbocycles. The minimum absolute atomic E-state index is 0.142. The summed E-state index contributed by atoms with van der Waals surface area (Å²) in [5, 5.41) is 3.04. The van der Waals surface area contributed by atoms with Crippen LogP contribution in [0.5, 0.6) is 0 Å². The van der Waals surface area contributed by atoms with Crippen LogP contribution in [0.15, 0.2) is 24.3 Å². The summed E-state index contributed by atoms with van der Waals surface area (Å²) in [5.41, 5.74) is 2.98. The molecule has 0 aromatic heterocycles. The molecular formula is C19H29N3O2. The minimum Gasteiger partial charge on any atom is -0.379 e. The van der Waals surface area contributed by atoms with Gasteiger partial charge in [0.25, 0.3) is 0 Å². The number of morpholine rings is 1. The van der Waals surface area contributed by atoms with Crippen LogP contribution in [-0.4, -0.2) is 68.2 Å². The topological polar surface area (TPSA) is 44.8 Å². The zero-order valence-electron chi connectivity index (χ0n) is 14.5. The van der Waals surface area contributed by atoms with E-state index in [9.17, 15) is 4.79 Å². The SMILES string of the molecule is O=C(CN1CCOCC1)NCCCCN1CCc2ccccc2C1. The molecule has 1 aromatic rings. The van der Waals surface area contributed by atoms with E-state index in [-0.39, 0.29) is 5.91 Å². The van der Waals surface area contributed by atoms with E-state index in [4.69, 9.17) is 4.74 Å². The highest BCUT2D eigenvalue weighted by atomic mass is 16.5. The van der Waals surface area contributed by atoms with Crippen molar-refractivity contribution in [3.05, 3.63) is 35.4 Å². The monoisotopic (exact) mass is 331 g/mol. The molecule has 1 aromatic carbocycles. The maximum absolute atomic E-state index is 11.9. The van der Waals surface area contributed by atoms with Crippen molar-refractivity contribution < 1.29 is 9.53 Å². The highest BCUT2D eigenvalue weighted by Crippen LogP contribution is 2.18. The van der Waals surface area contributed by atoms with Crippen LogP contribution in [0.25, 0.3) is 0 Å². The maximum Gasteiger partial charge on any atom is 0.234 e. The molecule has 2 aliphatic rings. The Kier molecular flexibility index (Phi) is 6.64. The Bertz CT molecular complexity index is 529. The fourth-order valence-electron chi connectivity index (χ4n) is 3.45. The number of nitrogens with zero attached hydrogens (tertiary/aromatic N) is 2. The molecule has 1 amide bonds. The van der Waals surface area contributed by atoms with Gasteiger partial charge in [-0.2, -0.15) is 0 Å². The summed E-state index contributed by atoms with van der Waals surface area (Å²) >= 11 is 0. The van der Waals surface area contributed by atoms with Crippen molar-refractivity contribution in [3.8, 4) is 0 Å². The molecule has 3 rings (SSSR count). The Hall–Kier alpha value is -1.43. The van der Waals surface area contributed by atoms with Crippen LogP contribution >= 0.6 is 0 Å². The fourth-order valence-corrected chi connectivity index (χ4v) is 3.45. The van der Waals surface area contributed by atoms with Gasteiger partial charge in [0.1, 0.15) is 0 Å². The third-order valence-corrected chi connectivity index (χ3v) is 4.90. The van der Waals surface area contributed by atoms with Crippen molar-refractivity contribution >= 4 is 5.91 Å². The number of hydrogen-bond donors (Lipinski definition) is 1. The van der Waals surface area contributed by atoms with Gasteiger partial charge < -0.3 is 10.1 Å². The summed E-state index contributed by atoms with van der Waals surface area (Å²) in [4.78, 5) is 16.6. The molecule has 2 heterocycles. The van der Waals surface area contributed by atoms with Gasteiger partial charge >= 0.3 is 0 Å². The molecule has 1 N–H and O–H groups in total. The van der Waals surface area contributed by atoms with Gasteiger partial charge in [-0.05, 0) is 36.9 Å². The molecule has 1 saturated heterocycles. The van der Waals surface area contributed by atoms with E-state index in [0.29, 0.717) is 6.54 Å². The zero-order valence-corrected chi connectivity index (χ0v) is 14.5. The molecule has 0 unspecified atom stereocenters. The third-order valence-electron chi connectivity index (χ3n) is 4.90. The lowest BCUT2D eigenvalue weighted by atomic mass is 10.00. The highest BCUT2D eigenvalue weighted by molar-refractivity contribution is 5.77. The number of nitrogens with one attached hydrogen (secondary N) is 1. The first-order chi connectivity index (χ1) is 11.8. The third kappa shape index (κ3) is 5.30. The number of hydrogen-bond acceptors (Lipinski definition) is 4. The van der Waals surface area contributed by atoms with Crippen molar-refractivity contribution in [1.82, 2.24) is 15.1 Å². The van der Waals surface area contributed by atoms with Crippen molar-refractivity contribution in [3.63, 3.8) is 0 Å². The highest BCUT2D eigenvalue weighted by Gasteiger charge is 2.15. The molecular weight excluding hydrogens is 302 g/mol. The Morgan fingerprint density at radius 1 is 1.04 bits per heavy atom. The quantitative estimate of drug-likeness (QED) is 0.765. The number of amides is 1. The summed E-state index contributed by atoms with van der Waals surface area (Å²) in [5.74, 6) is 0.142. The normalized spacial score (nSPS) is 19.0. The summed E-state index contributed by atoms with van der Waals surface area (Å²) in [6, 6.07) is 8.75. The number of ether oxygens (including phenoxy) is 1. The van der Waals surface area contributed by atoms with Crippen LogP contribution in [0.4, 0.5) is 0 Å². The van der Waals surface area contributed by atoms with E-state index in [0.717, 1.165) is 71.7 Å². The first kappa shape index (κ1) is 17.4. The van der Waals surface area contributed by atoms with Crippen LogP contribution in [-0.2, 0) is 22.5 Å². The van der Waals surface area contributed by atoms with Crippen molar-refractivity contribution in [2.24, 2.45) is 0 Å². The number of carbonyl (C=O) groups is 1. The molecule has 24 heavy (non-hydrogen) atoms. The van der Waals surface area contributed by atoms with Gasteiger partial charge in [0.2, 0.25) is 5.91 Å². The first-order valence-electron chi connectivity index (χ1n) is 9.17. The van der Waals surface area contributed by atoms with Gasteiger partial charge in [-0.25, -0.2) is 0 Å². The molecule has 0 atom stereocenters. The number of unbranched alkanes of at least 4 members (excludes halogenated alkanes) is 1. The molecule has 0 saturated carbocycles. The maximum atomic E-state index is 11.9. The Morgan fingerprint density at radius 2 is 1.83 bits per heavy atom. The number of fused-ring (bicyclic) bond motifs is 1. The lowest BCUT2D eigenvalue weighted by Gasteiger charge is -2.28. The average Bonchev–Trinajstić information content (AvgIpc) is 2.62. The summed E-state index contributed by atoms with van der Waals surface area (Å²) in [6.45, 7) is 7.85. The molecule has 0 bridgehead atoms. The van der Waals surface area contributed by atoms with Gasteiger partial charge in [0, 0.05) is 32.7 Å². The molecule has 5 nitrogen and oxygen atoms in total. The molecule has 0 spiro atoms. The molecule has 5 heteroatoms. The summed E-state index contributed by atoms with van der Waals surface area (Å²) in [6.07, 6.45) is 3.35. The van der Waals surface area contributed by atoms with Crippen LogP contribution in [0, 0.1) is 0 Å². The van der Waals surface area contributed by atoms with Gasteiger partial charge in [-0.3, -0.25) is 14.6 Å². The van der Waals surface area contributed by atoms with Crippen LogP contribution < -0.4 is 5.32 Å². The number of rotatable bonds is 7. The fraction of sp³-hybridized carbons (Fsp3) is 0.632. The van der Waals surface area contributed by atoms with E-state index in [1.54, 1.807) is 0 Å². The van der Waals surface area contributed by atoms with Gasteiger partial charge in [-0.1, -0.05) is 24.3 Å². The Labute approximate surface area is 145 Å². The largest absolute Gasteiger partial charge is 0.379 e. The predicted octanol–water partition coefficient (Wildman–Crippen LogP) is 1.27. The predicted molar refractivity (Wildman–Crippen MR) is 94.9 cm³/mol. The van der Waals surface area contributed by atoms with Crippen LogP contribution in [0.1, 0.15) is 24.0 Å². The van der Waals surface area contributed by atoms with E-state index < -0.39 is 0 Å². The van der Waals surface area contributed by atoms with Crippen molar-refractivity contribution in [2.75, 3.05) is 52.5 Å². The number of benzene rings is 1. The summed E-state index contributed by atoms with van der Waals surface area (Å²) in [7, 11) is 0. The lowest BCUT2D eigenvalue weighted by Crippen LogP contribution is -2.43. The standard InChI is InChI=1S/C19H29N3O2/c23-19(16-22-11-13-24-14-12-22)20-8-3-4-9-21-10-7-17-5-1-2-6-18(17)15-21/h1-2,5-6H,3-4,7-16H2,(H,20,23). The zero-order chi connectivity index (χ0) is 16.6. The van der Waals surface area contributed by atoms with Gasteiger partial charge in [0.05, 0.1) is 19.8 Å². The second kappa shape index (κ2) is 9.16. The van der Waals surface area contributed by atoms with Crippen LogP contribution in [0.3, 0.4) is 0 Å². The number of carbonyl (C=O) groups excluding carboxylic acids is 1. The minimum atomic E-state index is 0.142. The van der Waals surface area contributed by atoms with Crippen molar-refractivity contribution in [2.45, 2.75) is 25.8 Å². The first-order valence-corrected chi connectivity index (χ1v) is 9.17. The van der Waals surface area contributed by atoms with E-state index in [2.05, 4.69) is 39.4 Å². The molecule has 1 fully saturated rings. The summed E-state index contributed by atoms with van der Waals surface area (Å²) < 4.78 is 5.30. The second-order valence-electron chi connectivity index (χ2n) is 6.74. The van der Waals surface area contributed by atoms with Crippen molar-refractivity contribution in [1.29, 1.82) is 0 Å². The lowest BCUT2D eigenvalue weighted by molar-refractivity contribution is -0.123. The van der Waals surface area contributed by atoms with Gasteiger partial charge in [-0.15, -0.1) is 0 Å². The molecule has 0 radical (unpaired) electrons. The Morgan fingerprint density at radius 3 is 2.67 bits per heavy atom.